The molecule has 4 N–H and O–H groups in total. The van der Waals surface area contributed by atoms with Crippen LogP contribution in [0.4, 0.5) is 0 Å². The minimum atomic E-state index is -1.60. The third-order valence-electron chi connectivity index (χ3n) is 10.3. The maximum absolute atomic E-state index is 12.3. The van der Waals surface area contributed by atoms with Gasteiger partial charge in [0.1, 0.15) is 43.7 Å². The number of carbonyl (C=O) groups excluding carboxylic acids is 2. The Balaban J connectivity index is 2.10. The van der Waals surface area contributed by atoms with Crippen LogP contribution in [-0.4, -0.2) is 89.0 Å². The average molecular weight is 783 g/mol. The van der Waals surface area contributed by atoms with Crippen molar-refractivity contribution in [3.05, 3.63) is 24.3 Å². The summed E-state index contributed by atoms with van der Waals surface area (Å²) in [5, 5.41) is 41.4. The summed E-state index contributed by atoms with van der Waals surface area (Å²) in [6, 6.07) is 0. The third-order valence-corrected chi connectivity index (χ3v) is 10.3. The van der Waals surface area contributed by atoms with Gasteiger partial charge in [0.15, 0.2) is 6.29 Å². The third kappa shape index (κ3) is 29.1. The van der Waals surface area contributed by atoms with E-state index in [4.69, 9.17) is 18.9 Å². The van der Waals surface area contributed by atoms with Crippen LogP contribution in [0.15, 0.2) is 24.3 Å². The lowest BCUT2D eigenvalue weighted by atomic mass is 9.99. The topological polar surface area (TPSA) is 152 Å². The fraction of sp³-hybridized carbons (Fsp3) is 0.867. The Morgan fingerprint density at radius 1 is 0.527 bits per heavy atom. The highest BCUT2D eigenvalue weighted by molar-refractivity contribution is 5.69. The molecule has 1 saturated heterocycles. The fourth-order valence-corrected chi connectivity index (χ4v) is 6.63. The predicted octanol–water partition coefficient (Wildman–Crippen LogP) is 9.33. The molecule has 0 aromatic carbocycles. The van der Waals surface area contributed by atoms with E-state index in [1.807, 2.05) is 0 Å². The van der Waals surface area contributed by atoms with Gasteiger partial charge in [0.2, 0.25) is 0 Å². The van der Waals surface area contributed by atoms with Crippen molar-refractivity contribution in [1.82, 2.24) is 0 Å². The molecule has 1 heterocycles. The molecule has 0 aromatic rings. The van der Waals surface area contributed by atoms with Crippen LogP contribution in [0.25, 0.3) is 0 Å². The quantitative estimate of drug-likeness (QED) is 0.0273. The van der Waals surface area contributed by atoms with E-state index in [9.17, 15) is 30.0 Å². The summed E-state index contributed by atoms with van der Waals surface area (Å²) in [5.41, 5.74) is 0. The summed E-state index contributed by atoms with van der Waals surface area (Å²) >= 11 is 0. The number of unbranched alkanes of at least 4 members (excludes halogenated alkanes) is 22. The van der Waals surface area contributed by atoms with Gasteiger partial charge >= 0.3 is 11.9 Å². The second kappa shape index (κ2) is 36.5. The van der Waals surface area contributed by atoms with Crippen LogP contribution in [0, 0.1) is 0 Å². The van der Waals surface area contributed by atoms with Gasteiger partial charge in [-0.3, -0.25) is 9.59 Å². The number of hydrogen-bond acceptors (Lipinski definition) is 10. The first-order valence-corrected chi connectivity index (χ1v) is 22.4. The lowest BCUT2D eigenvalue weighted by molar-refractivity contribution is -0.305. The molecule has 0 radical (unpaired) electrons. The molecule has 0 bridgehead atoms. The monoisotopic (exact) mass is 783 g/mol. The zero-order chi connectivity index (χ0) is 40.2. The Morgan fingerprint density at radius 3 is 1.38 bits per heavy atom. The van der Waals surface area contributed by atoms with Gasteiger partial charge in [-0.05, 0) is 64.2 Å². The lowest BCUT2D eigenvalue weighted by Gasteiger charge is -2.40. The summed E-state index contributed by atoms with van der Waals surface area (Å²) in [6.45, 7) is 3.55. The Hall–Kier alpha value is -1.82. The molecule has 1 aliphatic heterocycles. The zero-order valence-electron chi connectivity index (χ0n) is 34.9. The van der Waals surface area contributed by atoms with Gasteiger partial charge in [-0.15, -0.1) is 0 Å². The van der Waals surface area contributed by atoms with Crippen LogP contribution in [0.3, 0.4) is 0 Å². The summed E-state index contributed by atoms with van der Waals surface area (Å²) < 4.78 is 21.5. The normalized spacial score (nSPS) is 20.7. The van der Waals surface area contributed by atoms with E-state index in [-0.39, 0.29) is 32.7 Å². The maximum atomic E-state index is 12.3. The molecule has 322 valence electrons. The number of esters is 2. The molecule has 0 unspecified atom stereocenters. The van der Waals surface area contributed by atoms with Crippen LogP contribution in [0.5, 0.6) is 0 Å². The van der Waals surface area contributed by atoms with Gasteiger partial charge < -0.3 is 39.4 Å². The summed E-state index contributed by atoms with van der Waals surface area (Å²) in [6.07, 6.45) is 31.8. The number of ether oxygens (including phenoxy) is 4. The highest BCUT2D eigenvalue weighted by atomic mass is 16.7. The predicted molar refractivity (Wildman–Crippen MR) is 219 cm³/mol. The smallest absolute Gasteiger partial charge is 0.305 e. The number of hydrogen-bond donors (Lipinski definition) is 4. The van der Waals surface area contributed by atoms with Crippen molar-refractivity contribution in [3.8, 4) is 0 Å². The second-order valence-electron chi connectivity index (χ2n) is 15.5. The van der Waals surface area contributed by atoms with Crippen molar-refractivity contribution in [2.45, 2.75) is 230 Å². The van der Waals surface area contributed by atoms with Crippen molar-refractivity contribution in [3.63, 3.8) is 0 Å². The van der Waals surface area contributed by atoms with Crippen LogP contribution < -0.4 is 0 Å². The molecule has 0 aliphatic carbocycles. The number of rotatable bonds is 37. The molecular weight excluding hydrogens is 700 g/mol. The standard InChI is InChI=1S/C45H82O10/c1-3-5-7-9-11-13-15-17-19-21-23-25-27-29-31-33-40(47)52-35-38(46)36-54-45-44(51)43(50)42(49)39(55-45)37-53-41(48)34-32-30-28-26-24-22-20-18-16-14-12-10-8-6-4-2/h17-20,38-39,42-46,49-51H,3-16,21-37H2,1-2H3/b19-17-,20-18-/t38-,39-,42+,43+,44-,45-/m1/s1. The van der Waals surface area contributed by atoms with E-state index in [0.29, 0.717) is 6.42 Å². The maximum Gasteiger partial charge on any atom is 0.305 e. The molecular formula is C45H82O10. The van der Waals surface area contributed by atoms with E-state index in [0.717, 1.165) is 70.6 Å². The van der Waals surface area contributed by atoms with Gasteiger partial charge in [0.05, 0.1) is 6.61 Å². The SMILES string of the molecule is CCCCCCCC/C=C\CCCCCCCC(=O)OC[C@@H](O)CO[C@@H]1O[C@H](COC(=O)CCCCCCC/C=C\CCCCCCCC)[C@H](O)[C@H](O)[C@H]1O. The molecule has 1 aliphatic rings. The van der Waals surface area contributed by atoms with E-state index in [1.165, 1.54) is 89.9 Å². The molecule has 1 fully saturated rings. The Labute approximate surface area is 334 Å². The molecule has 1 rings (SSSR count). The van der Waals surface area contributed by atoms with Gasteiger partial charge in [0, 0.05) is 12.8 Å². The number of allylic oxidation sites excluding steroid dienone is 4. The first-order valence-electron chi connectivity index (χ1n) is 22.4. The van der Waals surface area contributed by atoms with Crippen molar-refractivity contribution in [2.75, 3.05) is 19.8 Å². The van der Waals surface area contributed by atoms with Crippen LogP contribution in [0.1, 0.15) is 194 Å². The molecule has 0 saturated carbocycles. The molecule has 6 atom stereocenters. The lowest BCUT2D eigenvalue weighted by Crippen LogP contribution is -2.59. The summed E-state index contributed by atoms with van der Waals surface area (Å²) in [5.74, 6) is -0.821. The van der Waals surface area contributed by atoms with Crippen LogP contribution in [-0.2, 0) is 28.5 Å². The van der Waals surface area contributed by atoms with Gasteiger partial charge in [0.25, 0.3) is 0 Å². The van der Waals surface area contributed by atoms with Crippen molar-refractivity contribution in [2.24, 2.45) is 0 Å². The number of carbonyl (C=O) groups is 2. The summed E-state index contributed by atoms with van der Waals surface area (Å²) in [4.78, 5) is 24.4. The van der Waals surface area contributed by atoms with Crippen LogP contribution in [0.2, 0.25) is 0 Å². The van der Waals surface area contributed by atoms with Gasteiger partial charge in [-0.25, -0.2) is 0 Å². The average Bonchev–Trinajstić information content (AvgIpc) is 3.18. The molecule has 0 aromatic heterocycles. The summed E-state index contributed by atoms with van der Waals surface area (Å²) in [7, 11) is 0. The van der Waals surface area contributed by atoms with E-state index in [1.54, 1.807) is 0 Å². The largest absolute Gasteiger partial charge is 0.463 e. The van der Waals surface area contributed by atoms with Gasteiger partial charge in [-0.1, -0.05) is 141 Å². The second-order valence-corrected chi connectivity index (χ2v) is 15.5. The minimum Gasteiger partial charge on any atom is -0.463 e. The van der Waals surface area contributed by atoms with E-state index in [2.05, 4.69) is 38.2 Å². The zero-order valence-corrected chi connectivity index (χ0v) is 34.9. The highest BCUT2D eigenvalue weighted by Crippen LogP contribution is 2.23. The Morgan fingerprint density at radius 2 is 0.927 bits per heavy atom. The number of aliphatic hydroxyl groups is 4. The molecule has 55 heavy (non-hydrogen) atoms. The molecule has 0 amide bonds. The van der Waals surface area contributed by atoms with E-state index < -0.39 is 48.7 Å². The molecule has 10 heteroatoms. The van der Waals surface area contributed by atoms with Crippen LogP contribution >= 0.6 is 0 Å². The van der Waals surface area contributed by atoms with Crippen molar-refractivity contribution >= 4 is 11.9 Å². The van der Waals surface area contributed by atoms with E-state index >= 15 is 0 Å². The molecule has 10 nitrogen and oxygen atoms in total. The molecule has 0 spiro atoms. The Bertz CT molecular complexity index is 956. The van der Waals surface area contributed by atoms with Gasteiger partial charge in [-0.2, -0.15) is 0 Å². The first-order chi connectivity index (χ1) is 26.8. The van der Waals surface area contributed by atoms with Crippen molar-refractivity contribution < 1.29 is 49.0 Å². The number of aliphatic hydroxyl groups excluding tert-OH is 4. The minimum absolute atomic E-state index is 0.244. The fourth-order valence-electron chi connectivity index (χ4n) is 6.63. The highest BCUT2D eigenvalue weighted by Gasteiger charge is 2.45. The first kappa shape index (κ1) is 51.2. The van der Waals surface area contributed by atoms with Crippen molar-refractivity contribution in [1.29, 1.82) is 0 Å². The Kier molecular flexibility index (Phi) is 34.0.